The zero-order chi connectivity index (χ0) is 16.6. The molecule has 0 bridgehead atoms. The fourth-order valence-electron chi connectivity index (χ4n) is 2.82. The summed E-state index contributed by atoms with van der Waals surface area (Å²) in [6.07, 6.45) is 1.63. The lowest BCUT2D eigenvalue weighted by atomic mass is 10.1. The molecule has 0 aliphatic carbocycles. The first-order chi connectivity index (χ1) is 10.9. The van der Waals surface area contributed by atoms with Crippen molar-refractivity contribution < 1.29 is 8.42 Å². The summed E-state index contributed by atoms with van der Waals surface area (Å²) >= 11 is 1.25. The van der Waals surface area contributed by atoms with Crippen LogP contribution in [0, 0.1) is 6.92 Å². The highest BCUT2D eigenvalue weighted by Gasteiger charge is 2.37. The van der Waals surface area contributed by atoms with E-state index in [0.29, 0.717) is 16.6 Å². The highest BCUT2D eigenvalue weighted by atomic mass is 32.2. The second-order valence-electron chi connectivity index (χ2n) is 5.80. The molecule has 0 N–H and O–H groups in total. The Morgan fingerprint density at radius 2 is 2.13 bits per heavy atom. The van der Waals surface area contributed by atoms with E-state index in [-0.39, 0.29) is 6.04 Å². The van der Waals surface area contributed by atoms with Crippen LogP contribution in [-0.4, -0.2) is 43.3 Å². The predicted molar refractivity (Wildman–Crippen MR) is 91.3 cm³/mol. The van der Waals surface area contributed by atoms with Gasteiger partial charge in [-0.15, -0.1) is 11.3 Å². The number of hydrogen-bond donors (Lipinski definition) is 0. The van der Waals surface area contributed by atoms with Crippen LogP contribution >= 0.6 is 11.3 Å². The van der Waals surface area contributed by atoms with Crippen LogP contribution in [0.1, 0.15) is 30.4 Å². The van der Waals surface area contributed by atoms with Crippen molar-refractivity contribution >= 4 is 27.2 Å². The Balaban J connectivity index is 2.00. The van der Waals surface area contributed by atoms with Gasteiger partial charge in [-0.1, -0.05) is 6.07 Å². The minimum absolute atomic E-state index is 0.220. The van der Waals surface area contributed by atoms with Crippen LogP contribution in [0.2, 0.25) is 0 Å². The van der Waals surface area contributed by atoms with Crippen molar-refractivity contribution in [2.75, 3.05) is 25.5 Å². The third-order valence-corrected chi connectivity index (χ3v) is 7.19. The Hall–Kier alpha value is -1.51. The number of rotatable bonds is 4. The number of aryl methyl sites for hydroxylation is 1. The van der Waals surface area contributed by atoms with E-state index in [2.05, 4.69) is 9.97 Å². The molecule has 0 amide bonds. The van der Waals surface area contributed by atoms with Crippen molar-refractivity contribution in [3.8, 4) is 0 Å². The predicted octanol–water partition coefficient (Wildman–Crippen LogP) is 2.44. The van der Waals surface area contributed by atoms with Gasteiger partial charge in [-0.2, -0.15) is 4.31 Å². The van der Waals surface area contributed by atoms with Crippen LogP contribution in [-0.2, 0) is 10.0 Å². The van der Waals surface area contributed by atoms with Crippen LogP contribution in [0.4, 0.5) is 5.82 Å². The summed E-state index contributed by atoms with van der Waals surface area (Å²) in [5.41, 5.74) is 0.777. The minimum Gasteiger partial charge on any atom is -0.363 e. The molecule has 0 aromatic carbocycles. The van der Waals surface area contributed by atoms with Crippen molar-refractivity contribution in [3.05, 3.63) is 35.1 Å². The van der Waals surface area contributed by atoms with E-state index in [0.717, 1.165) is 24.4 Å². The van der Waals surface area contributed by atoms with Crippen molar-refractivity contribution in [2.24, 2.45) is 0 Å². The van der Waals surface area contributed by atoms with Gasteiger partial charge in [-0.25, -0.2) is 18.4 Å². The largest absolute Gasteiger partial charge is 0.363 e. The van der Waals surface area contributed by atoms with Gasteiger partial charge in [0, 0.05) is 26.7 Å². The van der Waals surface area contributed by atoms with Gasteiger partial charge in [0.05, 0.1) is 11.7 Å². The third kappa shape index (κ3) is 3.11. The number of sulfonamides is 1. The quantitative estimate of drug-likeness (QED) is 0.845. The molecule has 23 heavy (non-hydrogen) atoms. The lowest BCUT2D eigenvalue weighted by molar-refractivity contribution is 0.390. The van der Waals surface area contributed by atoms with E-state index < -0.39 is 10.0 Å². The Kier molecular flexibility index (Phi) is 4.39. The topological polar surface area (TPSA) is 66.4 Å². The fourth-order valence-corrected chi connectivity index (χ4v) is 5.61. The molecule has 1 atom stereocenters. The standard InChI is InChI=1S/C15H20N4O2S2/c1-11-16-12(10-14(17-11)18(2)3)13-6-4-8-19(13)23(20,21)15-7-5-9-22-15/h5,7,9-10,13H,4,6,8H2,1-3H3/t13-/m0/s1. The van der Waals surface area contributed by atoms with E-state index in [1.165, 1.54) is 11.3 Å². The molecule has 8 heteroatoms. The molecule has 1 aliphatic rings. The average molecular weight is 352 g/mol. The zero-order valence-corrected chi connectivity index (χ0v) is 15.1. The van der Waals surface area contributed by atoms with Crippen molar-refractivity contribution in [1.29, 1.82) is 0 Å². The number of anilines is 1. The summed E-state index contributed by atoms with van der Waals surface area (Å²) in [5.74, 6) is 1.46. The van der Waals surface area contributed by atoms with E-state index >= 15 is 0 Å². The van der Waals surface area contributed by atoms with Gasteiger partial charge < -0.3 is 4.90 Å². The van der Waals surface area contributed by atoms with Crippen molar-refractivity contribution in [1.82, 2.24) is 14.3 Å². The molecule has 3 heterocycles. The monoisotopic (exact) mass is 352 g/mol. The number of thiophene rings is 1. The Bertz CT molecular complexity index is 788. The third-order valence-electron chi connectivity index (χ3n) is 3.91. The molecule has 124 valence electrons. The molecule has 6 nitrogen and oxygen atoms in total. The molecule has 2 aromatic heterocycles. The minimum atomic E-state index is -3.46. The van der Waals surface area contributed by atoms with Crippen LogP contribution in [0.5, 0.6) is 0 Å². The lowest BCUT2D eigenvalue weighted by Crippen LogP contribution is -2.31. The molecule has 0 saturated carbocycles. The van der Waals surface area contributed by atoms with Gasteiger partial charge in [0.25, 0.3) is 10.0 Å². The molecule has 1 saturated heterocycles. The van der Waals surface area contributed by atoms with Gasteiger partial charge in [0.15, 0.2) is 0 Å². The summed E-state index contributed by atoms with van der Waals surface area (Å²) < 4.78 is 27.7. The summed E-state index contributed by atoms with van der Waals surface area (Å²) in [4.78, 5) is 10.8. The first-order valence-electron chi connectivity index (χ1n) is 7.48. The van der Waals surface area contributed by atoms with Gasteiger partial charge in [-0.05, 0) is 31.2 Å². The van der Waals surface area contributed by atoms with Crippen molar-refractivity contribution in [3.63, 3.8) is 0 Å². The maximum absolute atomic E-state index is 12.9. The van der Waals surface area contributed by atoms with E-state index in [9.17, 15) is 8.42 Å². The van der Waals surface area contributed by atoms with Crippen LogP contribution in [0.25, 0.3) is 0 Å². The molecule has 0 spiro atoms. The molecule has 2 aromatic rings. The lowest BCUT2D eigenvalue weighted by Gasteiger charge is -2.24. The second-order valence-corrected chi connectivity index (χ2v) is 8.86. The molecular weight excluding hydrogens is 332 g/mol. The van der Waals surface area contributed by atoms with Crippen LogP contribution in [0.15, 0.2) is 27.8 Å². The smallest absolute Gasteiger partial charge is 0.253 e. The summed E-state index contributed by atoms with van der Waals surface area (Å²) in [5, 5.41) is 1.79. The first kappa shape index (κ1) is 16.4. The summed E-state index contributed by atoms with van der Waals surface area (Å²) in [7, 11) is 0.373. The SMILES string of the molecule is Cc1nc([C@@H]2CCCN2S(=O)(=O)c2cccs2)cc(N(C)C)n1. The highest BCUT2D eigenvalue weighted by molar-refractivity contribution is 7.91. The maximum atomic E-state index is 12.9. The molecular formula is C15H20N4O2S2. The molecule has 3 rings (SSSR count). The Morgan fingerprint density at radius 1 is 1.35 bits per heavy atom. The van der Waals surface area contributed by atoms with E-state index in [4.69, 9.17) is 0 Å². The van der Waals surface area contributed by atoms with Gasteiger partial charge in [-0.3, -0.25) is 0 Å². The first-order valence-corrected chi connectivity index (χ1v) is 9.80. The van der Waals surface area contributed by atoms with Gasteiger partial charge in [0.1, 0.15) is 15.9 Å². The van der Waals surface area contributed by atoms with E-state index in [1.54, 1.807) is 21.8 Å². The molecule has 1 fully saturated rings. The molecule has 1 aliphatic heterocycles. The second kappa shape index (κ2) is 6.18. The number of aromatic nitrogens is 2. The number of nitrogens with zero attached hydrogens (tertiary/aromatic N) is 4. The van der Waals surface area contributed by atoms with Gasteiger partial charge in [0.2, 0.25) is 0 Å². The maximum Gasteiger partial charge on any atom is 0.253 e. The van der Waals surface area contributed by atoms with Gasteiger partial charge >= 0.3 is 0 Å². The van der Waals surface area contributed by atoms with Crippen LogP contribution in [0.3, 0.4) is 0 Å². The zero-order valence-electron chi connectivity index (χ0n) is 13.4. The number of hydrogen-bond acceptors (Lipinski definition) is 6. The van der Waals surface area contributed by atoms with Crippen LogP contribution < -0.4 is 4.90 Å². The Morgan fingerprint density at radius 3 is 2.78 bits per heavy atom. The molecule has 0 radical (unpaired) electrons. The molecule has 0 unspecified atom stereocenters. The highest BCUT2D eigenvalue weighted by Crippen LogP contribution is 2.37. The van der Waals surface area contributed by atoms with Crippen molar-refractivity contribution in [2.45, 2.75) is 30.0 Å². The Labute approximate surface area is 140 Å². The van der Waals surface area contributed by atoms with E-state index in [1.807, 2.05) is 32.0 Å². The average Bonchev–Trinajstić information content (AvgIpc) is 3.18. The normalized spacial score (nSPS) is 19.2. The fraction of sp³-hybridized carbons (Fsp3) is 0.467. The summed E-state index contributed by atoms with van der Waals surface area (Å²) in [6.45, 7) is 2.37. The summed E-state index contributed by atoms with van der Waals surface area (Å²) in [6, 6.07) is 5.09.